The fraction of sp³-hybridized carbons (Fsp3) is 0.375. The molecule has 5 rings (SSSR count). The van der Waals surface area contributed by atoms with Gasteiger partial charge in [-0.2, -0.15) is 0 Å². The van der Waals surface area contributed by atoms with Crippen molar-refractivity contribution in [2.45, 2.75) is 45.1 Å². The molecule has 28 heavy (non-hydrogen) atoms. The fourth-order valence-corrected chi connectivity index (χ4v) is 4.79. The Balaban J connectivity index is 1.49. The van der Waals surface area contributed by atoms with Crippen molar-refractivity contribution < 1.29 is 14.1 Å². The molecular formula is C24H26NO3+. The first kappa shape index (κ1) is 17.5. The Morgan fingerprint density at radius 2 is 1.79 bits per heavy atom. The van der Waals surface area contributed by atoms with E-state index >= 15 is 0 Å². The lowest BCUT2D eigenvalue weighted by atomic mass is 9.90. The van der Waals surface area contributed by atoms with E-state index in [1.54, 1.807) is 0 Å². The van der Waals surface area contributed by atoms with E-state index in [4.69, 9.17) is 9.15 Å². The summed E-state index contributed by atoms with van der Waals surface area (Å²) < 4.78 is 11.9. The lowest BCUT2D eigenvalue weighted by Gasteiger charge is -2.29. The van der Waals surface area contributed by atoms with Crippen molar-refractivity contribution in [3.8, 4) is 5.75 Å². The van der Waals surface area contributed by atoms with Gasteiger partial charge in [-0.1, -0.05) is 37.3 Å². The quantitative estimate of drug-likeness (QED) is 0.714. The Bertz CT molecular complexity index is 1070. The zero-order valence-corrected chi connectivity index (χ0v) is 16.3. The molecule has 1 N–H and O–H groups in total. The van der Waals surface area contributed by atoms with Crippen LogP contribution in [0.1, 0.15) is 47.9 Å². The first-order valence-corrected chi connectivity index (χ1v) is 10.3. The van der Waals surface area contributed by atoms with E-state index in [1.807, 2.05) is 0 Å². The number of fused-ring (bicyclic) bond motifs is 5. The largest absolute Gasteiger partial charge is 0.445 e. The zero-order chi connectivity index (χ0) is 19.1. The molecule has 2 aliphatic rings. The van der Waals surface area contributed by atoms with Gasteiger partial charge in [-0.05, 0) is 48.9 Å². The monoisotopic (exact) mass is 376 g/mol. The highest BCUT2D eigenvalue weighted by atomic mass is 16.5. The average Bonchev–Trinajstić information content (AvgIpc) is 2.74. The molecule has 0 bridgehead atoms. The van der Waals surface area contributed by atoms with Crippen LogP contribution >= 0.6 is 0 Å². The Labute approximate surface area is 164 Å². The SMILES string of the molecule is C[C@@H](C[NH+]1COc2ccc3c4c(c(=O)oc3c2C1)CCCC4)c1ccccc1. The molecule has 0 spiro atoms. The maximum Gasteiger partial charge on any atom is 0.339 e. The second kappa shape index (κ2) is 7.10. The summed E-state index contributed by atoms with van der Waals surface area (Å²) in [6.07, 6.45) is 4.03. The standard InChI is InChI=1S/C24H25NO3/c1-16(17-7-3-2-4-8-17)13-25-14-21-22(27-15-25)12-11-19-18-9-5-6-10-20(18)24(26)28-23(19)21/h2-4,7-8,11-12,16H,5-6,9-10,13-15H2,1H3/p+1/t16-/m0/s1. The second-order valence-corrected chi connectivity index (χ2v) is 8.20. The average molecular weight is 376 g/mol. The number of rotatable bonds is 3. The highest BCUT2D eigenvalue weighted by Gasteiger charge is 2.28. The van der Waals surface area contributed by atoms with Gasteiger partial charge in [-0.15, -0.1) is 0 Å². The molecule has 0 saturated carbocycles. The molecule has 2 atom stereocenters. The smallest absolute Gasteiger partial charge is 0.339 e. The normalized spacial score (nSPS) is 19.5. The minimum atomic E-state index is -0.152. The zero-order valence-electron chi connectivity index (χ0n) is 16.3. The summed E-state index contributed by atoms with van der Waals surface area (Å²) in [5.41, 5.74) is 5.07. The van der Waals surface area contributed by atoms with Crippen molar-refractivity contribution in [2.24, 2.45) is 0 Å². The van der Waals surface area contributed by atoms with E-state index in [-0.39, 0.29) is 5.63 Å². The van der Waals surface area contributed by atoms with Gasteiger partial charge >= 0.3 is 5.63 Å². The van der Waals surface area contributed by atoms with Gasteiger partial charge in [-0.25, -0.2) is 4.79 Å². The topological polar surface area (TPSA) is 43.9 Å². The molecule has 4 heteroatoms. The molecule has 0 amide bonds. The highest BCUT2D eigenvalue weighted by molar-refractivity contribution is 5.86. The van der Waals surface area contributed by atoms with Gasteiger partial charge < -0.3 is 9.15 Å². The van der Waals surface area contributed by atoms with Crippen LogP contribution in [0.4, 0.5) is 0 Å². The van der Waals surface area contributed by atoms with Crippen LogP contribution in [0.25, 0.3) is 11.0 Å². The maximum atomic E-state index is 12.6. The summed E-state index contributed by atoms with van der Waals surface area (Å²) in [6, 6.07) is 14.7. The number of benzene rings is 2. The van der Waals surface area contributed by atoms with Crippen molar-refractivity contribution in [3.05, 3.63) is 75.1 Å². The molecule has 3 aromatic rings. The molecule has 1 aliphatic carbocycles. The van der Waals surface area contributed by atoms with Crippen LogP contribution in [0.15, 0.2) is 51.7 Å². The maximum absolute atomic E-state index is 12.6. The molecule has 2 heterocycles. The Hall–Kier alpha value is -2.59. The predicted molar refractivity (Wildman–Crippen MR) is 109 cm³/mol. The van der Waals surface area contributed by atoms with Crippen molar-refractivity contribution >= 4 is 11.0 Å². The van der Waals surface area contributed by atoms with E-state index in [9.17, 15) is 4.79 Å². The third-order valence-corrected chi connectivity index (χ3v) is 6.27. The van der Waals surface area contributed by atoms with E-state index in [0.717, 1.165) is 66.6 Å². The Morgan fingerprint density at radius 3 is 2.61 bits per heavy atom. The molecule has 2 aromatic carbocycles. The first-order valence-electron chi connectivity index (χ1n) is 10.3. The molecule has 0 saturated heterocycles. The third kappa shape index (κ3) is 3.02. The molecule has 144 valence electrons. The van der Waals surface area contributed by atoms with Gasteiger partial charge in [0.2, 0.25) is 6.73 Å². The third-order valence-electron chi connectivity index (χ3n) is 6.27. The number of hydrogen-bond donors (Lipinski definition) is 1. The van der Waals surface area contributed by atoms with Crippen LogP contribution in [0.2, 0.25) is 0 Å². The summed E-state index contributed by atoms with van der Waals surface area (Å²) in [7, 11) is 0. The van der Waals surface area contributed by atoms with E-state index in [1.165, 1.54) is 16.0 Å². The van der Waals surface area contributed by atoms with Crippen LogP contribution in [0.3, 0.4) is 0 Å². The lowest BCUT2D eigenvalue weighted by Crippen LogP contribution is -3.12. The summed E-state index contributed by atoms with van der Waals surface area (Å²) >= 11 is 0. The number of quaternary nitrogens is 1. The van der Waals surface area contributed by atoms with E-state index in [0.29, 0.717) is 12.6 Å². The summed E-state index contributed by atoms with van der Waals surface area (Å²) in [4.78, 5) is 14.0. The van der Waals surface area contributed by atoms with Crippen LogP contribution in [0.5, 0.6) is 5.75 Å². The second-order valence-electron chi connectivity index (χ2n) is 8.20. The highest BCUT2D eigenvalue weighted by Crippen LogP contribution is 2.33. The number of hydrogen-bond acceptors (Lipinski definition) is 3. The molecular weight excluding hydrogens is 350 g/mol. The lowest BCUT2D eigenvalue weighted by molar-refractivity contribution is -0.933. The van der Waals surface area contributed by atoms with Crippen LogP contribution in [-0.2, 0) is 19.4 Å². The molecule has 1 aromatic heterocycles. The predicted octanol–water partition coefficient (Wildman–Crippen LogP) is 3.21. The van der Waals surface area contributed by atoms with Crippen molar-refractivity contribution in [1.82, 2.24) is 0 Å². The van der Waals surface area contributed by atoms with Crippen molar-refractivity contribution in [3.63, 3.8) is 0 Å². The summed E-state index contributed by atoms with van der Waals surface area (Å²) in [5.74, 6) is 1.30. The van der Waals surface area contributed by atoms with Crippen LogP contribution in [0, 0.1) is 0 Å². The van der Waals surface area contributed by atoms with Crippen LogP contribution < -0.4 is 15.3 Å². The van der Waals surface area contributed by atoms with Gasteiger partial charge in [-0.3, -0.25) is 4.90 Å². The van der Waals surface area contributed by atoms with Gasteiger partial charge in [0, 0.05) is 16.9 Å². The summed E-state index contributed by atoms with van der Waals surface area (Å²) in [6.45, 7) is 4.71. The van der Waals surface area contributed by atoms with Gasteiger partial charge in [0.05, 0.1) is 12.1 Å². The van der Waals surface area contributed by atoms with E-state index in [2.05, 4.69) is 49.4 Å². The number of ether oxygens (including phenoxy) is 1. The Kier molecular flexibility index (Phi) is 4.44. The van der Waals surface area contributed by atoms with Gasteiger partial charge in [0.15, 0.2) is 5.58 Å². The Morgan fingerprint density at radius 1 is 1.00 bits per heavy atom. The molecule has 0 radical (unpaired) electrons. The molecule has 0 fully saturated rings. The van der Waals surface area contributed by atoms with E-state index < -0.39 is 0 Å². The fourth-order valence-electron chi connectivity index (χ4n) is 4.79. The van der Waals surface area contributed by atoms with Crippen molar-refractivity contribution in [1.29, 1.82) is 0 Å². The van der Waals surface area contributed by atoms with Crippen LogP contribution in [-0.4, -0.2) is 13.3 Å². The number of aryl methyl sites for hydroxylation is 1. The first-order chi connectivity index (χ1) is 13.7. The van der Waals surface area contributed by atoms with Gasteiger partial charge in [0.1, 0.15) is 12.3 Å². The van der Waals surface area contributed by atoms with Gasteiger partial charge in [0.25, 0.3) is 0 Å². The summed E-state index contributed by atoms with van der Waals surface area (Å²) in [5, 5.41) is 1.11. The minimum absolute atomic E-state index is 0.152. The molecule has 1 aliphatic heterocycles. The van der Waals surface area contributed by atoms with Crippen molar-refractivity contribution in [2.75, 3.05) is 13.3 Å². The number of nitrogens with one attached hydrogen (secondary N) is 1. The molecule has 1 unspecified atom stereocenters. The molecule has 4 nitrogen and oxygen atoms in total. The minimum Gasteiger partial charge on any atom is -0.445 e.